The van der Waals surface area contributed by atoms with Crippen LogP contribution < -0.4 is 9.47 Å². The van der Waals surface area contributed by atoms with Crippen molar-refractivity contribution in [3.8, 4) is 11.5 Å². The van der Waals surface area contributed by atoms with Crippen molar-refractivity contribution >= 4 is 37.6 Å². The SMILES string of the molecule is O=C(Cc1cccc(Br)c1)c1cc2c(cc1Br)OCCO2. The van der Waals surface area contributed by atoms with Gasteiger partial charge in [0.2, 0.25) is 0 Å². The van der Waals surface area contributed by atoms with Crippen LogP contribution in [0.1, 0.15) is 15.9 Å². The third-order valence-electron chi connectivity index (χ3n) is 3.19. The highest BCUT2D eigenvalue weighted by Gasteiger charge is 2.18. The number of halogens is 2. The summed E-state index contributed by atoms with van der Waals surface area (Å²) in [4.78, 5) is 12.5. The highest BCUT2D eigenvalue weighted by Crippen LogP contribution is 2.36. The Balaban J connectivity index is 1.87. The van der Waals surface area contributed by atoms with Gasteiger partial charge in [-0.1, -0.05) is 28.1 Å². The van der Waals surface area contributed by atoms with Crippen LogP contribution in [0.5, 0.6) is 11.5 Å². The number of benzene rings is 2. The molecule has 0 N–H and O–H groups in total. The van der Waals surface area contributed by atoms with Gasteiger partial charge in [0.25, 0.3) is 0 Å². The molecule has 21 heavy (non-hydrogen) atoms. The summed E-state index contributed by atoms with van der Waals surface area (Å²) in [6.45, 7) is 1.04. The zero-order chi connectivity index (χ0) is 14.8. The first kappa shape index (κ1) is 14.6. The molecular weight excluding hydrogens is 400 g/mol. The third-order valence-corrected chi connectivity index (χ3v) is 4.34. The molecule has 0 aliphatic carbocycles. The number of carbonyl (C=O) groups is 1. The van der Waals surface area contributed by atoms with Crippen molar-refractivity contribution in [2.75, 3.05) is 13.2 Å². The van der Waals surface area contributed by atoms with Gasteiger partial charge in [0, 0.05) is 20.9 Å². The number of ketones is 1. The molecular formula is C16H12Br2O3. The van der Waals surface area contributed by atoms with E-state index in [0.717, 1.165) is 14.5 Å². The molecule has 0 unspecified atom stereocenters. The van der Waals surface area contributed by atoms with Crippen LogP contribution in [-0.2, 0) is 6.42 Å². The molecule has 2 aromatic rings. The van der Waals surface area contributed by atoms with Gasteiger partial charge in [-0.05, 0) is 45.8 Å². The van der Waals surface area contributed by atoms with E-state index in [1.54, 1.807) is 12.1 Å². The van der Waals surface area contributed by atoms with Crippen LogP contribution in [0.15, 0.2) is 45.3 Å². The van der Waals surface area contributed by atoms with Crippen molar-refractivity contribution in [3.63, 3.8) is 0 Å². The molecule has 3 rings (SSSR count). The molecule has 0 fully saturated rings. The van der Waals surface area contributed by atoms with Crippen LogP contribution in [0.2, 0.25) is 0 Å². The van der Waals surface area contributed by atoms with Gasteiger partial charge < -0.3 is 9.47 Å². The molecule has 2 aromatic carbocycles. The first-order valence-electron chi connectivity index (χ1n) is 6.50. The smallest absolute Gasteiger partial charge is 0.168 e. The Morgan fingerprint density at radius 1 is 1.05 bits per heavy atom. The second-order valence-electron chi connectivity index (χ2n) is 4.71. The summed E-state index contributed by atoms with van der Waals surface area (Å²) in [6, 6.07) is 11.3. The monoisotopic (exact) mass is 410 g/mol. The van der Waals surface area contributed by atoms with Crippen molar-refractivity contribution in [3.05, 3.63) is 56.5 Å². The Labute approximate surface area is 139 Å². The van der Waals surface area contributed by atoms with Crippen LogP contribution >= 0.6 is 31.9 Å². The van der Waals surface area contributed by atoms with Crippen molar-refractivity contribution in [2.24, 2.45) is 0 Å². The summed E-state index contributed by atoms with van der Waals surface area (Å²) >= 11 is 6.85. The summed E-state index contributed by atoms with van der Waals surface area (Å²) in [5.41, 5.74) is 1.58. The number of fused-ring (bicyclic) bond motifs is 1. The Hall–Kier alpha value is -1.33. The molecule has 0 aromatic heterocycles. The Morgan fingerprint density at radius 3 is 2.48 bits per heavy atom. The summed E-state index contributed by atoms with van der Waals surface area (Å²) in [6.07, 6.45) is 0.345. The van der Waals surface area contributed by atoms with Gasteiger partial charge in [-0.2, -0.15) is 0 Å². The van der Waals surface area contributed by atoms with E-state index < -0.39 is 0 Å². The molecule has 0 amide bonds. The lowest BCUT2D eigenvalue weighted by molar-refractivity contribution is 0.0991. The van der Waals surface area contributed by atoms with Crippen LogP contribution in [0.4, 0.5) is 0 Å². The summed E-state index contributed by atoms with van der Waals surface area (Å²) in [5.74, 6) is 1.34. The van der Waals surface area contributed by atoms with E-state index >= 15 is 0 Å². The van der Waals surface area contributed by atoms with E-state index in [-0.39, 0.29) is 5.78 Å². The average Bonchev–Trinajstić information content (AvgIpc) is 2.46. The number of ether oxygens (including phenoxy) is 2. The minimum atomic E-state index is 0.0388. The molecule has 108 valence electrons. The summed E-state index contributed by atoms with van der Waals surface area (Å²) in [7, 11) is 0. The number of rotatable bonds is 3. The molecule has 0 radical (unpaired) electrons. The van der Waals surface area contributed by atoms with Gasteiger partial charge in [0.15, 0.2) is 17.3 Å². The molecule has 0 atom stereocenters. The highest BCUT2D eigenvalue weighted by molar-refractivity contribution is 9.10. The van der Waals surface area contributed by atoms with E-state index in [9.17, 15) is 4.79 Å². The quantitative estimate of drug-likeness (QED) is 0.701. The zero-order valence-electron chi connectivity index (χ0n) is 11.1. The van der Waals surface area contributed by atoms with E-state index in [1.165, 1.54) is 0 Å². The molecule has 0 bridgehead atoms. The second-order valence-corrected chi connectivity index (χ2v) is 6.48. The van der Waals surface area contributed by atoms with E-state index in [0.29, 0.717) is 36.7 Å². The van der Waals surface area contributed by atoms with Gasteiger partial charge in [-0.15, -0.1) is 0 Å². The first-order chi connectivity index (χ1) is 10.1. The zero-order valence-corrected chi connectivity index (χ0v) is 14.2. The fraction of sp³-hybridized carbons (Fsp3) is 0.188. The van der Waals surface area contributed by atoms with E-state index in [1.807, 2.05) is 24.3 Å². The van der Waals surface area contributed by atoms with Crippen LogP contribution in [0.25, 0.3) is 0 Å². The minimum Gasteiger partial charge on any atom is -0.486 e. The topological polar surface area (TPSA) is 35.5 Å². The first-order valence-corrected chi connectivity index (χ1v) is 8.09. The number of carbonyl (C=O) groups excluding carboxylic acids is 1. The maximum atomic E-state index is 12.5. The van der Waals surface area contributed by atoms with Gasteiger partial charge in [-0.25, -0.2) is 0 Å². The summed E-state index contributed by atoms with van der Waals surface area (Å²) in [5, 5.41) is 0. The summed E-state index contributed by atoms with van der Waals surface area (Å²) < 4.78 is 12.7. The van der Waals surface area contributed by atoms with Crippen molar-refractivity contribution in [1.82, 2.24) is 0 Å². The molecule has 0 saturated carbocycles. The molecule has 1 aliphatic rings. The Kier molecular flexibility index (Phi) is 4.31. The van der Waals surface area contributed by atoms with Crippen LogP contribution in [-0.4, -0.2) is 19.0 Å². The van der Waals surface area contributed by atoms with Crippen LogP contribution in [0, 0.1) is 0 Å². The minimum absolute atomic E-state index is 0.0388. The maximum absolute atomic E-state index is 12.5. The lowest BCUT2D eigenvalue weighted by Crippen LogP contribution is -2.16. The molecule has 5 heteroatoms. The molecule has 1 aliphatic heterocycles. The largest absolute Gasteiger partial charge is 0.486 e. The Morgan fingerprint density at radius 2 is 1.76 bits per heavy atom. The highest BCUT2D eigenvalue weighted by atomic mass is 79.9. The van der Waals surface area contributed by atoms with Crippen molar-refractivity contribution in [1.29, 1.82) is 0 Å². The predicted molar refractivity (Wildman–Crippen MR) is 87.3 cm³/mol. The van der Waals surface area contributed by atoms with Crippen molar-refractivity contribution in [2.45, 2.75) is 6.42 Å². The molecule has 0 saturated heterocycles. The lowest BCUT2D eigenvalue weighted by atomic mass is 10.0. The standard InChI is InChI=1S/C16H12Br2O3/c17-11-3-1-2-10(6-11)7-14(19)12-8-15-16(9-13(12)18)21-5-4-20-15/h1-3,6,8-9H,4-5,7H2. The molecule has 1 heterocycles. The molecule has 3 nitrogen and oxygen atoms in total. The Bertz CT molecular complexity index is 698. The van der Waals surface area contributed by atoms with Gasteiger partial charge >= 0.3 is 0 Å². The normalized spacial score (nSPS) is 13.0. The fourth-order valence-corrected chi connectivity index (χ4v) is 3.20. The lowest BCUT2D eigenvalue weighted by Gasteiger charge is -2.19. The van der Waals surface area contributed by atoms with Crippen molar-refractivity contribution < 1.29 is 14.3 Å². The van der Waals surface area contributed by atoms with E-state index in [2.05, 4.69) is 31.9 Å². The van der Waals surface area contributed by atoms with Gasteiger partial charge in [0.05, 0.1) is 0 Å². The maximum Gasteiger partial charge on any atom is 0.168 e. The van der Waals surface area contributed by atoms with E-state index in [4.69, 9.17) is 9.47 Å². The predicted octanol–water partition coefficient (Wildman–Crippen LogP) is 4.41. The average molecular weight is 412 g/mol. The molecule has 0 spiro atoms. The number of Topliss-reactive ketones (excluding diaryl/α,β-unsaturated/α-hetero) is 1. The van der Waals surface area contributed by atoms with Gasteiger partial charge in [-0.3, -0.25) is 4.79 Å². The van der Waals surface area contributed by atoms with Gasteiger partial charge in [0.1, 0.15) is 13.2 Å². The van der Waals surface area contributed by atoms with Crippen LogP contribution in [0.3, 0.4) is 0 Å². The third kappa shape index (κ3) is 3.30. The number of hydrogen-bond acceptors (Lipinski definition) is 3. The second kappa shape index (κ2) is 6.20. The number of hydrogen-bond donors (Lipinski definition) is 0. The fourth-order valence-electron chi connectivity index (χ4n) is 2.21.